The number of hydrogen-bond donors (Lipinski definition) is 4. The second kappa shape index (κ2) is 18.0. The number of likely N-dealkylation sites (N-methyl/N-ethyl adjacent to an activating group) is 1. The number of rotatable bonds is 9. The number of carboxylic acids is 1. The van der Waals surface area contributed by atoms with Crippen LogP contribution in [-0.2, 0) is 11.3 Å². The number of aliphatic hydroxyl groups excluding tert-OH is 1. The first kappa shape index (κ1) is 38.3. The summed E-state index contributed by atoms with van der Waals surface area (Å²) in [5.41, 5.74) is 2.60. The van der Waals surface area contributed by atoms with E-state index in [2.05, 4.69) is 15.5 Å². The van der Waals surface area contributed by atoms with Gasteiger partial charge in [0.15, 0.2) is 0 Å². The lowest BCUT2D eigenvalue weighted by Crippen LogP contribution is -2.47. The SMILES string of the molecule is C[C@@H]1CCCCO[C@H](CN(C)Cc2ccc(C(=O)O)cc2)[C@H](C)CN([C@H](C)CO)C(=O)c2cc(NC(=O)Nc3cccc4ccccc34)ccc2O1. The van der Waals surface area contributed by atoms with Gasteiger partial charge in [-0.1, -0.05) is 55.5 Å². The van der Waals surface area contributed by atoms with Crippen LogP contribution in [0.4, 0.5) is 16.2 Å². The summed E-state index contributed by atoms with van der Waals surface area (Å²) >= 11 is 0. The third kappa shape index (κ3) is 10.1. The lowest BCUT2D eigenvalue weighted by Gasteiger charge is -2.36. The van der Waals surface area contributed by atoms with E-state index < -0.39 is 18.0 Å². The number of anilines is 2. The van der Waals surface area contributed by atoms with Gasteiger partial charge in [0.1, 0.15) is 5.75 Å². The number of aromatic carboxylic acids is 1. The molecular formula is C41H50N4O7. The molecule has 11 heteroatoms. The van der Waals surface area contributed by atoms with Crippen molar-refractivity contribution in [2.24, 2.45) is 5.92 Å². The summed E-state index contributed by atoms with van der Waals surface area (Å²) in [7, 11) is 1.99. The fourth-order valence-electron chi connectivity index (χ4n) is 6.52. The maximum atomic E-state index is 14.5. The van der Waals surface area contributed by atoms with Crippen molar-refractivity contribution in [3.63, 3.8) is 0 Å². The monoisotopic (exact) mass is 710 g/mol. The Bertz CT molecular complexity index is 1830. The average molecular weight is 711 g/mol. The third-order valence-corrected chi connectivity index (χ3v) is 9.49. The van der Waals surface area contributed by atoms with Crippen molar-refractivity contribution in [3.8, 4) is 5.75 Å². The molecule has 5 rings (SSSR count). The van der Waals surface area contributed by atoms with Gasteiger partial charge in [-0.15, -0.1) is 0 Å². The minimum Gasteiger partial charge on any atom is -0.490 e. The summed E-state index contributed by atoms with van der Waals surface area (Å²) < 4.78 is 12.8. The number of aliphatic hydroxyl groups is 1. The highest BCUT2D eigenvalue weighted by Gasteiger charge is 2.30. The smallest absolute Gasteiger partial charge is 0.335 e. The molecule has 0 aliphatic carbocycles. The zero-order chi connectivity index (χ0) is 37.2. The van der Waals surface area contributed by atoms with Crippen LogP contribution >= 0.6 is 0 Å². The van der Waals surface area contributed by atoms with E-state index in [4.69, 9.17) is 9.47 Å². The zero-order valence-corrected chi connectivity index (χ0v) is 30.4. The Balaban J connectivity index is 1.37. The van der Waals surface area contributed by atoms with Gasteiger partial charge in [0.25, 0.3) is 5.91 Å². The number of hydrogen-bond acceptors (Lipinski definition) is 7. The highest BCUT2D eigenvalue weighted by atomic mass is 16.5. The van der Waals surface area contributed by atoms with Crippen LogP contribution in [0.1, 0.15) is 66.3 Å². The van der Waals surface area contributed by atoms with E-state index in [1.807, 2.05) is 75.5 Å². The number of nitrogens with one attached hydrogen (secondary N) is 2. The number of ether oxygens (including phenoxy) is 2. The summed E-state index contributed by atoms with van der Waals surface area (Å²) in [5.74, 6) is -0.986. The Labute approximate surface area is 305 Å². The van der Waals surface area contributed by atoms with Gasteiger partial charge in [-0.05, 0) is 87.5 Å². The number of benzene rings is 4. The van der Waals surface area contributed by atoms with Gasteiger partial charge < -0.3 is 35.2 Å². The van der Waals surface area contributed by atoms with Gasteiger partial charge in [0, 0.05) is 43.2 Å². The van der Waals surface area contributed by atoms with Gasteiger partial charge in [-0.2, -0.15) is 0 Å². The minimum atomic E-state index is -0.962. The van der Waals surface area contributed by atoms with Gasteiger partial charge in [-0.3, -0.25) is 9.69 Å². The van der Waals surface area contributed by atoms with Gasteiger partial charge in [-0.25, -0.2) is 9.59 Å². The molecule has 276 valence electrons. The normalized spacial score (nSPS) is 19.3. The molecule has 4 aromatic rings. The lowest BCUT2D eigenvalue weighted by molar-refractivity contribution is -0.0177. The van der Waals surface area contributed by atoms with Crippen molar-refractivity contribution >= 4 is 40.1 Å². The van der Waals surface area contributed by atoms with E-state index in [-0.39, 0.29) is 36.2 Å². The molecule has 0 bridgehead atoms. The van der Waals surface area contributed by atoms with Crippen LogP contribution in [0.5, 0.6) is 5.75 Å². The zero-order valence-electron chi connectivity index (χ0n) is 30.4. The maximum absolute atomic E-state index is 14.5. The summed E-state index contributed by atoms with van der Waals surface area (Å²) in [6.45, 7) is 7.61. The van der Waals surface area contributed by atoms with E-state index in [0.29, 0.717) is 48.9 Å². The summed E-state index contributed by atoms with van der Waals surface area (Å²) in [6, 6.07) is 24.5. The van der Waals surface area contributed by atoms with Crippen LogP contribution in [0.25, 0.3) is 10.8 Å². The van der Waals surface area contributed by atoms with Crippen molar-refractivity contribution in [1.82, 2.24) is 9.80 Å². The fourth-order valence-corrected chi connectivity index (χ4v) is 6.52. The highest BCUT2D eigenvalue weighted by Crippen LogP contribution is 2.29. The van der Waals surface area contributed by atoms with Crippen LogP contribution in [-0.4, -0.2) is 89.5 Å². The molecule has 0 saturated heterocycles. The van der Waals surface area contributed by atoms with Gasteiger partial charge in [0.2, 0.25) is 0 Å². The second-order valence-electron chi connectivity index (χ2n) is 13.8. The van der Waals surface area contributed by atoms with Crippen LogP contribution < -0.4 is 15.4 Å². The van der Waals surface area contributed by atoms with E-state index in [0.717, 1.165) is 35.6 Å². The predicted molar refractivity (Wildman–Crippen MR) is 203 cm³/mol. The van der Waals surface area contributed by atoms with Crippen LogP contribution in [0.2, 0.25) is 0 Å². The number of carbonyl (C=O) groups excluding carboxylic acids is 2. The molecule has 52 heavy (non-hydrogen) atoms. The van der Waals surface area contributed by atoms with Gasteiger partial charge in [0.05, 0.1) is 41.7 Å². The summed E-state index contributed by atoms with van der Waals surface area (Å²) in [5, 5.41) is 27.3. The number of amides is 3. The topological polar surface area (TPSA) is 141 Å². The number of carbonyl (C=O) groups is 3. The third-order valence-electron chi connectivity index (χ3n) is 9.49. The number of carboxylic acid groups (broad SMARTS) is 1. The molecule has 4 aromatic carbocycles. The molecule has 3 amide bonds. The molecule has 0 unspecified atom stereocenters. The molecule has 1 heterocycles. The van der Waals surface area contributed by atoms with Crippen LogP contribution in [0.15, 0.2) is 84.9 Å². The maximum Gasteiger partial charge on any atom is 0.335 e. The first-order valence-corrected chi connectivity index (χ1v) is 17.9. The molecule has 0 aromatic heterocycles. The molecule has 0 saturated carbocycles. The summed E-state index contributed by atoms with van der Waals surface area (Å²) in [6.07, 6.45) is 2.06. The largest absolute Gasteiger partial charge is 0.490 e. The molecule has 0 fully saturated rings. The van der Waals surface area contributed by atoms with E-state index in [1.54, 1.807) is 42.2 Å². The van der Waals surface area contributed by atoms with E-state index in [1.165, 1.54) is 0 Å². The Kier molecular flexibility index (Phi) is 13.2. The molecule has 1 aliphatic heterocycles. The van der Waals surface area contributed by atoms with Crippen molar-refractivity contribution < 1.29 is 34.1 Å². The highest BCUT2D eigenvalue weighted by molar-refractivity contribution is 6.07. The average Bonchev–Trinajstić information content (AvgIpc) is 3.13. The Morgan fingerprint density at radius 2 is 1.73 bits per heavy atom. The molecule has 0 radical (unpaired) electrons. The first-order chi connectivity index (χ1) is 25.0. The first-order valence-electron chi connectivity index (χ1n) is 17.9. The van der Waals surface area contributed by atoms with Crippen LogP contribution in [0, 0.1) is 5.92 Å². The van der Waals surface area contributed by atoms with Gasteiger partial charge >= 0.3 is 12.0 Å². The van der Waals surface area contributed by atoms with E-state index in [9.17, 15) is 24.6 Å². The van der Waals surface area contributed by atoms with Crippen molar-refractivity contribution in [2.75, 3.05) is 44.0 Å². The standard InChI is InChI=1S/C41H50N4O7/c1-27-23-45(28(2)26-46)39(47)35-22-33(42-41(50)43-36-14-9-12-31-11-5-6-13-34(31)36)19-20-37(35)52-29(3)10-7-8-21-51-38(27)25-44(4)24-30-15-17-32(18-16-30)40(48)49/h5-6,9,11-20,22,27-29,38,46H,7-8,10,21,23-26H2,1-4H3,(H,48,49)(H2,42,43,50)/t27-,28-,29-,38-/m1/s1. The second-order valence-corrected chi connectivity index (χ2v) is 13.8. The van der Waals surface area contributed by atoms with Crippen molar-refractivity contribution in [2.45, 2.75) is 64.8 Å². The predicted octanol–water partition coefficient (Wildman–Crippen LogP) is 7.11. The molecular weight excluding hydrogens is 660 g/mol. The number of fused-ring (bicyclic) bond motifs is 2. The number of nitrogens with zero attached hydrogens (tertiary/aromatic N) is 2. The molecule has 1 aliphatic rings. The molecule has 4 atom stereocenters. The van der Waals surface area contributed by atoms with Crippen molar-refractivity contribution in [3.05, 3.63) is 102 Å². The quantitative estimate of drug-likeness (QED) is 0.144. The Morgan fingerprint density at radius 3 is 2.48 bits per heavy atom. The summed E-state index contributed by atoms with van der Waals surface area (Å²) in [4.78, 5) is 42.8. The fraction of sp³-hybridized carbons (Fsp3) is 0.390. The Hall–Kier alpha value is -4.97. The minimum absolute atomic E-state index is 0.117. The van der Waals surface area contributed by atoms with Crippen molar-refractivity contribution in [1.29, 1.82) is 0 Å². The lowest BCUT2D eigenvalue weighted by atomic mass is 10.0. The van der Waals surface area contributed by atoms with Crippen LogP contribution in [0.3, 0.4) is 0 Å². The Morgan fingerprint density at radius 1 is 0.981 bits per heavy atom. The molecule has 11 nitrogen and oxygen atoms in total. The molecule has 4 N–H and O–H groups in total. The van der Waals surface area contributed by atoms with E-state index >= 15 is 0 Å². The molecule has 0 spiro atoms. The number of urea groups is 1.